The Labute approximate surface area is 233 Å². The SMILES string of the molecule is CCCCc1ccc(N2C(=O)c3ccc4c5c(ccc(c35)C2=O)C(=O)N(c2ccc(C(C)(C)C)cc2)C4=O)cc1. The number of aryl methyl sites for hydroxylation is 1. The van der Waals surface area contributed by atoms with Gasteiger partial charge in [-0.25, -0.2) is 9.80 Å². The molecular weight excluding hydrogens is 500 g/mol. The van der Waals surface area contributed by atoms with Gasteiger partial charge in [0.2, 0.25) is 0 Å². The molecule has 6 nitrogen and oxygen atoms in total. The van der Waals surface area contributed by atoms with Crippen molar-refractivity contribution in [3.8, 4) is 0 Å². The van der Waals surface area contributed by atoms with Gasteiger partial charge in [-0.1, -0.05) is 58.4 Å². The molecule has 0 fully saturated rings. The molecule has 4 aromatic carbocycles. The van der Waals surface area contributed by atoms with E-state index in [0.29, 0.717) is 44.4 Å². The molecule has 0 bridgehead atoms. The van der Waals surface area contributed by atoms with E-state index in [-0.39, 0.29) is 5.41 Å². The number of unbranched alkanes of at least 4 members (excludes halogenated alkanes) is 1. The summed E-state index contributed by atoms with van der Waals surface area (Å²) in [5.41, 5.74) is 4.32. The lowest BCUT2D eigenvalue weighted by molar-refractivity contribution is 0.0873. The van der Waals surface area contributed by atoms with E-state index in [1.807, 2.05) is 24.3 Å². The Kier molecular flexibility index (Phi) is 5.95. The molecule has 0 radical (unpaired) electrons. The molecule has 0 unspecified atom stereocenters. The molecule has 4 aromatic rings. The second kappa shape index (κ2) is 9.26. The maximum absolute atomic E-state index is 13.7. The van der Waals surface area contributed by atoms with E-state index in [1.165, 1.54) is 9.80 Å². The van der Waals surface area contributed by atoms with Gasteiger partial charge in [-0.15, -0.1) is 0 Å². The van der Waals surface area contributed by atoms with E-state index in [4.69, 9.17) is 0 Å². The molecule has 6 rings (SSSR count). The fraction of sp³-hybridized carbons (Fsp3) is 0.235. The van der Waals surface area contributed by atoms with Crippen LogP contribution in [-0.2, 0) is 11.8 Å². The van der Waals surface area contributed by atoms with Crippen LogP contribution in [0.5, 0.6) is 0 Å². The summed E-state index contributed by atoms with van der Waals surface area (Å²) in [5.74, 6) is -1.89. The van der Waals surface area contributed by atoms with Crippen LogP contribution in [0.1, 0.15) is 93.1 Å². The lowest BCUT2D eigenvalue weighted by Crippen LogP contribution is -2.43. The number of hydrogen-bond donors (Lipinski definition) is 0. The first-order chi connectivity index (χ1) is 19.1. The molecule has 0 spiro atoms. The summed E-state index contributed by atoms with van der Waals surface area (Å²) >= 11 is 0. The molecule has 200 valence electrons. The van der Waals surface area contributed by atoms with Crippen LogP contribution < -0.4 is 9.80 Å². The van der Waals surface area contributed by atoms with E-state index >= 15 is 0 Å². The van der Waals surface area contributed by atoms with Gasteiger partial charge in [-0.2, -0.15) is 0 Å². The quantitative estimate of drug-likeness (QED) is 0.258. The maximum Gasteiger partial charge on any atom is 0.265 e. The minimum atomic E-state index is -0.477. The second-order valence-corrected chi connectivity index (χ2v) is 11.5. The summed E-state index contributed by atoms with van der Waals surface area (Å²) in [6.07, 6.45) is 3.09. The van der Waals surface area contributed by atoms with Crippen molar-refractivity contribution >= 4 is 45.8 Å². The highest BCUT2D eigenvalue weighted by Gasteiger charge is 2.40. The van der Waals surface area contributed by atoms with Crippen LogP contribution in [0.15, 0.2) is 72.8 Å². The minimum absolute atomic E-state index is 0.0722. The molecule has 2 aliphatic rings. The van der Waals surface area contributed by atoms with E-state index in [0.717, 1.165) is 30.4 Å². The zero-order valence-corrected chi connectivity index (χ0v) is 23.1. The summed E-state index contributed by atoms with van der Waals surface area (Å²) in [4.78, 5) is 57.1. The summed E-state index contributed by atoms with van der Waals surface area (Å²) in [6, 6.07) is 21.3. The monoisotopic (exact) mass is 530 g/mol. The molecule has 4 amide bonds. The largest absolute Gasteiger partial charge is 0.268 e. The molecule has 0 saturated carbocycles. The van der Waals surface area contributed by atoms with Crippen molar-refractivity contribution in [1.29, 1.82) is 0 Å². The lowest BCUT2D eigenvalue weighted by atomic mass is 9.85. The first-order valence-electron chi connectivity index (χ1n) is 13.7. The highest BCUT2D eigenvalue weighted by molar-refractivity contribution is 6.42. The number of amides is 4. The Morgan fingerprint density at radius 1 is 0.550 bits per heavy atom. The normalized spacial score (nSPS) is 14.9. The average molecular weight is 531 g/mol. The number of hydrogen-bond acceptors (Lipinski definition) is 4. The van der Waals surface area contributed by atoms with Gasteiger partial charge in [0.05, 0.1) is 11.4 Å². The summed E-state index contributed by atoms with van der Waals surface area (Å²) in [6.45, 7) is 8.43. The van der Waals surface area contributed by atoms with E-state index in [1.54, 1.807) is 48.5 Å². The van der Waals surface area contributed by atoms with Gasteiger partial charge in [0.1, 0.15) is 0 Å². The first kappa shape index (κ1) is 25.7. The molecule has 6 heteroatoms. The smallest absolute Gasteiger partial charge is 0.265 e. The average Bonchev–Trinajstić information content (AvgIpc) is 2.94. The third kappa shape index (κ3) is 3.86. The van der Waals surface area contributed by atoms with E-state index < -0.39 is 23.6 Å². The second-order valence-electron chi connectivity index (χ2n) is 11.5. The van der Waals surface area contributed by atoms with E-state index in [9.17, 15) is 19.2 Å². The highest BCUT2D eigenvalue weighted by atomic mass is 16.2. The summed E-state index contributed by atoms with van der Waals surface area (Å²) in [7, 11) is 0. The topological polar surface area (TPSA) is 74.8 Å². The Morgan fingerprint density at radius 2 is 0.925 bits per heavy atom. The number of benzene rings is 4. The van der Waals surface area contributed by atoms with Crippen LogP contribution >= 0.6 is 0 Å². The summed E-state index contributed by atoms with van der Waals surface area (Å²) in [5, 5.41) is 0.731. The van der Waals surface area contributed by atoms with Crippen molar-refractivity contribution in [2.45, 2.75) is 52.4 Å². The van der Waals surface area contributed by atoms with Crippen LogP contribution in [0.25, 0.3) is 10.8 Å². The molecule has 0 saturated heterocycles. The van der Waals surface area contributed by atoms with Gasteiger partial charge in [0, 0.05) is 33.0 Å². The Morgan fingerprint density at radius 3 is 1.27 bits per heavy atom. The number of anilines is 2. The van der Waals surface area contributed by atoms with Crippen LogP contribution in [0, 0.1) is 0 Å². The van der Waals surface area contributed by atoms with Gasteiger partial charge in [0.15, 0.2) is 0 Å². The molecule has 0 N–H and O–H groups in total. The van der Waals surface area contributed by atoms with Crippen molar-refractivity contribution in [3.63, 3.8) is 0 Å². The molecular formula is C34H30N2O4. The number of carbonyl (C=O) groups excluding carboxylic acids is 4. The molecule has 40 heavy (non-hydrogen) atoms. The molecule has 0 aliphatic carbocycles. The number of nitrogens with zero attached hydrogens (tertiary/aromatic N) is 2. The zero-order chi connectivity index (χ0) is 28.3. The zero-order valence-electron chi connectivity index (χ0n) is 23.1. The van der Waals surface area contributed by atoms with Crippen molar-refractivity contribution in [2.75, 3.05) is 9.80 Å². The van der Waals surface area contributed by atoms with Crippen LogP contribution in [-0.4, -0.2) is 23.6 Å². The first-order valence-corrected chi connectivity index (χ1v) is 13.7. The van der Waals surface area contributed by atoms with E-state index in [2.05, 4.69) is 27.7 Å². The number of imide groups is 2. The van der Waals surface area contributed by atoms with Gasteiger partial charge in [-0.05, 0) is 77.9 Å². The number of rotatable bonds is 5. The number of carbonyl (C=O) groups is 4. The van der Waals surface area contributed by atoms with Gasteiger partial charge in [0.25, 0.3) is 23.6 Å². The van der Waals surface area contributed by atoms with Crippen molar-refractivity contribution in [1.82, 2.24) is 0 Å². The molecule has 0 aromatic heterocycles. The van der Waals surface area contributed by atoms with Crippen molar-refractivity contribution < 1.29 is 19.2 Å². The highest BCUT2D eigenvalue weighted by Crippen LogP contribution is 2.40. The van der Waals surface area contributed by atoms with Crippen molar-refractivity contribution in [3.05, 3.63) is 106 Å². The van der Waals surface area contributed by atoms with Crippen LogP contribution in [0.2, 0.25) is 0 Å². The Balaban J connectivity index is 1.42. The van der Waals surface area contributed by atoms with Gasteiger partial charge >= 0.3 is 0 Å². The summed E-state index contributed by atoms with van der Waals surface area (Å²) < 4.78 is 0. The van der Waals surface area contributed by atoms with Gasteiger partial charge in [-0.3, -0.25) is 19.2 Å². The fourth-order valence-electron chi connectivity index (χ4n) is 5.65. The van der Waals surface area contributed by atoms with Crippen molar-refractivity contribution in [2.24, 2.45) is 0 Å². The Hall–Kier alpha value is -4.58. The van der Waals surface area contributed by atoms with Crippen LogP contribution in [0.4, 0.5) is 11.4 Å². The van der Waals surface area contributed by atoms with Crippen LogP contribution in [0.3, 0.4) is 0 Å². The minimum Gasteiger partial charge on any atom is -0.268 e. The molecule has 2 heterocycles. The lowest BCUT2D eigenvalue weighted by Gasteiger charge is -2.32. The predicted octanol–water partition coefficient (Wildman–Crippen LogP) is 7.08. The Bertz CT molecular complexity index is 1660. The third-order valence-corrected chi connectivity index (χ3v) is 7.90. The molecule has 2 aliphatic heterocycles. The van der Waals surface area contributed by atoms with Gasteiger partial charge < -0.3 is 0 Å². The fourth-order valence-corrected chi connectivity index (χ4v) is 5.65. The third-order valence-electron chi connectivity index (χ3n) is 7.90. The molecule has 0 atom stereocenters. The standard InChI is InChI=1S/C34H30N2O4/c1-5-6-7-20-8-12-22(13-9-20)35-30(37)24-16-18-26-29-27(19-17-25(28(24)29)31(35)38)33(40)36(32(26)39)23-14-10-21(11-15-23)34(2,3)4/h8-19H,5-7H2,1-4H3. The maximum atomic E-state index is 13.7. The predicted molar refractivity (Wildman–Crippen MR) is 156 cm³/mol.